The quantitative estimate of drug-likeness (QED) is 0.306. The molecule has 0 spiro atoms. The lowest BCUT2D eigenvalue weighted by Gasteiger charge is -2.05. The van der Waals surface area contributed by atoms with Crippen molar-refractivity contribution >= 4 is 17.7 Å². The fraction of sp³-hybridized carbons (Fsp3) is 0.357. The molecule has 0 aliphatic heterocycles. The van der Waals surface area contributed by atoms with E-state index in [0.717, 1.165) is 0 Å². The van der Waals surface area contributed by atoms with Crippen LogP contribution in [0.2, 0.25) is 0 Å². The zero-order valence-corrected chi connectivity index (χ0v) is 11.2. The third-order valence-corrected chi connectivity index (χ3v) is 2.22. The second-order valence-electron chi connectivity index (χ2n) is 3.78. The Balaban J connectivity index is 2.14. The molecule has 6 heteroatoms. The number of carbonyl (C=O) groups is 3. The van der Waals surface area contributed by atoms with Gasteiger partial charge in [-0.05, 0) is 0 Å². The van der Waals surface area contributed by atoms with Crippen LogP contribution in [0.4, 0.5) is 0 Å². The van der Waals surface area contributed by atoms with Crippen molar-refractivity contribution in [1.82, 2.24) is 0 Å². The van der Waals surface area contributed by atoms with Gasteiger partial charge in [0.2, 0.25) is 0 Å². The van der Waals surface area contributed by atoms with Gasteiger partial charge in [0.1, 0.15) is 13.2 Å². The van der Waals surface area contributed by atoms with E-state index in [-0.39, 0.29) is 38.0 Å². The van der Waals surface area contributed by atoms with E-state index in [9.17, 15) is 14.4 Å². The minimum absolute atomic E-state index is 0.0303. The van der Waals surface area contributed by atoms with Crippen molar-refractivity contribution in [2.24, 2.45) is 0 Å². The fourth-order valence-corrected chi connectivity index (χ4v) is 1.31. The molecule has 20 heavy (non-hydrogen) atoms. The summed E-state index contributed by atoms with van der Waals surface area (Å²) in [6.07, 6.45) is 0. The fourth-order valence-electron chi connectivity index (χ4n) is 1.31. The first-order chi connectivity index (χ1) is 9.61. The molecule has 0 aliphatic carbocycles. The van der Waals surface area contributed by atoms with Crippen LogP contribution in [0.1, 0.15) is 17.3 Å². The number of ketones is 1. The molecular formula is C14H16O6. The molecule has 0 heterocycles. The average Bonchev–Trinajstić information content (AvgIpc) is 2.45. The van der Waals surface area contributed by atoms with Crippen LogP contribution >= 0.6 is 0 Å². The number of rotatable bonds is 8. The molecule has 0 aliphatic rings. The van der Waals surface area contributed by atoms with Gasteiger partial charge < -0.3 is 14.2 Å². The molecule has 0 bridgehead atoms. The van der Waals surface area contributed by atoms with E-state index in [1.165, 1.54) is 6.92 Å². The number of benzene rings is 1. The smallest absolute Gasteiger partial charge is 0.379 e. The van der Waals surface area contributed by atoms with Gasteiger partial charge in [-0.3, -0.25) is 9.59 Å². The summed E-state index contributed by atoms with van der Waals surface area (Å²) in [6.45, 7) is 1.76. The van der Waals surface area contributed by atoms with E-state index in [1.54, 1.807) is 30.3 Å². The third kappa shape index (κ3) is 6.10. The lowest BCUT2D eigenvalue weighted by atomic mass is 10.1. The summed E-state index contributed by atoms with van der Waals surface area (Å²) in [4.78, 5) is 33.5. The SMILES string of the molecule is CC(=O)OCCOCCOC(=O)C(=O)c1ccccc1. The molecule has 0 amide bonds. The zero-order valence-electron chi connectivity index (χ0n) is 11.2. The third-order valence-electron chi connectivity index (χ3n) is 2.22. The van der Waals surface area contributed by atoms with Crippen molar-refractivity contribution in [2.75, 3.05) is 26.4 Å². The number of hydrogen-bond donors (Lipinski definition) is 0. The molecular weight excluding hydrogens is 264 g/mol. The maximum atomic E-state index is 11.6. The van der Waals surface area contributed by atoms with Crippen molar-refractivity contribution in [2.45, 2.75) is 6.92 Å². The van der Waals surface area contributed by atoms with Crippen LogP contribution in [0.5, 0.6) is 0 Å². The second kappa shape index (κ2) is 8.82. The molecule has 0 saturated heterocycles. The molecule has 0 radical (unpaired) electrons. The molecule has 0 saturated carbocycles. The van der Waals surface area contributed by atoms with E-state index in [1.807, 2.05) is 0 Å². The summed E-state index contributed by atoms with van der Waals surface area (Å²) in [7, 11) is 0. The van der Waals surface area contributed by atoms with E-state index in [0.29, 0.717) is 0 Å². The van der Waals surface area contributed by atoms with Gasteiger partial charge in [-0.25, -0.2) is 4.79 Å². The molecule has 0 atom stereocenters. The van der Waals surface area contributed by atoms with Crippen LogP contribution in [-0.4, -0.2) is 44.1 Å². The van der Waals surface area contributed by atoms with Gasteiger partial charge in [0, 0.05) is 12.5 Å². The molecule has 1 aromatic carbocycles. The van der Waals surface area contributed by atoms with E-state index in [2.05, 4.69) is 4.74 Å². The molecule has 0 fully saturated rings. The van der Waals surface area contributed by atoms with Crippen LogP contribution < -0.4 is 0 Å². The first-order valence-corrected chi connectivity index (χ1v) is 6.09. The molecule has 1 rings (SSSR count). The number of hydrogen-bond acceptors (Lipinski definition) is 6. The highest BCUT2D eigenvalue weighted by molar-refractivity contribution is 6.40. The van der Waals surface area contributed by atoms with Crippen LogP contribution in [0.25, 0.3) is 0 Å². The standard InChI is InChI=1S/C14H16O6/c1-11(15)19-9-7-18-8-10-20-14(17)13(16)12-5-3-2-4-6-12/h2-6H,7-10H2,1H3. The maximum absolute atomic E-state index is 11.6. The van der Waals surface area contributed by atoms with Gasteiger partial charge in [-0.2, -0.15) is 0 Å². The minimum Gasteiger partial charge on any atom is -0.463 e. The Morgan fingerprint density at radius 2 is 1.50 bits per heavy atom. The van der Waals surface area contributed by atoms with Crippen LogP contribution in [0, 0.1) is 0 Å². The summed E-state index contributed by atoms with van der Waals surface area (Å²) >= 11 is 0. The Hall–Kier alpha value is -2.21. The van der Waals surface area contributed by atoms with Crippen molar-refractivity contribution in [3.8, 4) is 0 Å². The second-order valence-corrected chi connectivity index (χ2v) is 3.78. The highest BCUT2D eigenvalue weighted by atomic mass is 16.6. The first kappa shape index (κ1) is 15.8. The van der Waals surface area contributed by atoms with Gasteiger partial charge in [-0.1, -0.05) is 30.3 Å². The number of esters is 2. The van der Waals surface area contributed by atoms with Crippen LogP contribution in [0.15, 0.2) is 30.3 Å². The maximum Gasteiger partial charge on any atom is 0.379 e. The summed E-state index contributed by atoms with van der Waals surface area (Å²) in [6, 6.07) is 8.16. The lowest BCUT2D eigenvalue weighted by Crippen LogP contribution is -2.20. The van der Waals surface area contributed by atoms with Gasteiger partial charge >= 0.3 is 11.9 Å². The summed E-state index contributed by atoms with van der Waals surface area (Å²) in [5.74, 6) is -1.99. The largest absolute Gasteiger partial charge is 0.463 e. The lowest BCUT2D eigenvalue weighted by molar-refractivity contribution is -0.143. The molecule has 1 aromatic rings. The Bertz CT molecular complexity index is 454. The van der Waals surface area contributed by atoms with E-state index < -0.39 is 11.8 Å². The summed E-state index contributed by atoms with van der Waals surface area (Å²) < 4.78 is 14.5. The summed E-state index contributed by atoms with van der Waals surface area (Å²) in [5, 5.41) is 0. The van der Waals surface area contributed by atoms with Crippen LogP contribution in [-0.2, 0) is 23.8 Å². The molecule has 0 N–H and O–H groups in total. The normalized spacial score (nSPS) is 9.85. The number of carbonyl (C=O) groups excluding carboxylic acids is 3. The number of ether oxygens (including phenoxy) is 3. The minimum atomic E-state index is -0.917. The Morgan fingerprint density at radius 3 is 2.10 bits per heavy atom. The monoisotopic (exact) mass is 280 g/mol. The molecule has 108 valence electrons. The van der Waals surface area contributed by atoms with E-state index >= 15 is 0 Å². The van der Waals surface area contributed by atoms with Crippen LogP contribution in [0.3, 0.4) is 0 Å². The van der Waals surface area contributed by atoms with Gasteiger partial charge in [0.05, 0.1) is 13.2 Å². The highest BCUT2D eigenvalue weighted by Crippen LogP contribution is 2.01. The highest BCUT2D eigenvalue weighted by Gasteiger charge is 2.16. The summed E-state index contributed by atoms with van der Waals surface area (Å²) in [5.41, 5.74) is 0.285. The van der Waals surface area contributed by atoms with E-state index in [4.69, 9.17) is 9.47 Å². The molecule has 0 aromatic heterocycles. The topological polar surface area (TPSA) is 78.9 Å². The molecule has 6 nitrogen and oxygen atoms in total. The van der Waals surface area contributed by atoms with Crippen molar-refractivity contribution in [1.29, 1.82) is 0 Å². The predicted molar refractivity (Wildman–Crippen MR) is 69.2 cm³/mol. The molecule has 0 unspecified atom stereocenters. The Labute approximate surface area is 116 Å². The van der Waals surface area contributed by atoms with Crippen molar-refractivity contribution < 1.29 is 28.6 Å². The van der Waals surface area contributed by atoms with Gasteiger partial charge in [0.15, 0.2) is 0 Å². The Kier molecular flexibility index (Phi) is 6.99. The number of Topliss-reactive ketones (excluding diaryl/α,β-unsaturated/α-hetero) is 1. The first-order valence-electron chi connectivity index (χ1n) is 6.09. The zero-order chi connectivity index (χ0) is 14.8. The van der Waals surface area contributed by atoms with Gasteiger partial charge in [-0.15, -0.1) is 0 Å². The van der Waals surface area contributed by atoms with Crippen molar-refractivity contribution in [3.05, 3.63) is 35.9 Å². The average molecular weight is 280 g/mol. The Morgan fingerprint density at radius 1 is 0.900 bits per heavy atom. The van der Waals surface area contributed by atoms with Crippen molar-refractivity contribution in [3.63, 3.8) is 0 Å². The van der Waals surface area contributed by atoms with Gasteiger partial charge in [0.25, 0.3) is 5.78 Å². The predicted octanol–water partition coefficient (Wildman–Crippen LogP) is 0.992.